The predicted octanol–water partition coefficient (Wildman–Crippen LogP) is -0.566. The topological polar surface area (TPSA) is 119 Å². The summed E-state index contributed by atoms with van der Waals surface area (Å²) < 4.78 is 28.2. The molecule has 2 aromatic rings. The third kappa shape index (κ3) is 3.40. The molecule has 0 atom stereocenters. The molecule has 0 aliphatic rings. The fourth-order valence-corrected chi connectivity index (χ4v) is 2.84. The van der Waals surface area contributed by atoms with E-state index in [2.05, 4.69) is 20.0 Å². The molecule has 2 aromatic heterocycles. The average Bonchev–Trinajstić information content (AvgIpc) is 3.05. The van der Waals surface area contributed by atoms with Gasteiger partial charge in [0.05, 0.1) is 6.20 Å². The maximum Gasteiger partial charge on any atom is 0.257 e. The molecule has 0 bridgehead atoms. The highest BCUT2D eigenvalue weighted by atomic mass is 32.2. The molecule has 0 aliphatic carbocycles. The van der Waals surface area contributed by atoms with Crippen molar-refractivity contribution < 1.29 is 8.42 Å². The quantitative estimate of drug-likeness (QED) is 0.588. The fourth-order valence-electron chi connectivity index (χ4n) is 1.63. The molecule has 0 saturated carbocycles. The van der Waals surface area contributed by atoms with Crippen LogP contribution in [0.1, 0.15) is 12.0 Å². The Hall–Kier alpha value is -1.71. The minimum absolute atomic E-state index is 0.0362. The molecule has 2 rings (SSSR count). The molecule has 0 fully saturated rings. The lowest BCUT2D eigenvalue weighted by Gasteiger charge is -2.06. The van der Waals surface area contributed by atoms with Crippen molar-refractivity contribution in [3.05, 3.63) is 30.2 Å². The van der Waals surface area contributed by atoms with E-state index in [0.717, 1.165) is 0 Å². The summed E-state index contributed by atoms with van der Waals surface area (Å²) in [7, 11) is -3.58. The second kappa shape index (κ2) is 5.95. The number of hydrogen-bond acceptors (Lipinski definition) is 5. The number of nitrogens with two attached hydrogens (primary N) is 1. The van der Waals surface area contributed by atoms with Crippen LogP contribution in [0.3, 0.4) is 0 Å². The van der Waals surface area contributed by atoms with Gasteiger partial charge in [0.1, 0.15) is 0 Å². The normalized spacial score (nSPS) is 11.8. The van der Waals surface area contributed by atoms with Crippen LogP contribution in [-0.2, 0) is 23.1 Å². The highest BCUT2D eigenvalue weighted by Gasteiger charge is 2.19. The van der Waals surface area contributed by atoms with Gasteiger partial charge in [-0.2, -0.15) is 10.2 Å². The van der Waals surface area contributed by atoms with Crippen molar-refractivity contribution in [2.24, 2.45) is 5.73 Å². The second-order valence-corrected chi connectivity index (χ2v) is 5.65. The van der Waals surface area contributed by atoms with Crippen LogP contribution < -0.4 is 10.5 Å². The Bertz CT molecular complexity index is 604. The molecule has 0 radical (unpaired) electrons. The first-order valence-corrected chi connectivity index (χ1v) is 7.31. The number of hydrogen-bond donors (Lipinski definition) is 3. The third-order valence-electron chi connectivity index (χ3n) is 2.58. The Labute approximate surface area is 111 Å². The molecule has 0 aliphatic heterocycles. The average molecular weight is 284 g/mol. The Morgan fingerprint density at radius 2 is 2.32 bits per heavy atom. The van der Waals surface area contributed by atoms with Crippen LogP contribution in [-0.4, -0.2) is 34.9 Å². The van der Waals surface area contributed by atoms with Crippen molar-refractivity contribution in [3.63, 3.8) is 0 Å². The zero-order valence-electron chi connectivity index (χ0n) is 10.3. The number of nitrogens with one attached hydrogen (secondary N) is 2. The Morgan fingerprint density at radius 1 is 1.47 bits per heavy atom. The number of nitrogens with zero attached hydrogens (tertiary/aromatic N) is 3. The highest BCUT2D eigenvalue weighted by Crippen LogP contribution is 2.10. The van der Waals surface area contributed by atoms with E-state index in [9.17, 15) is 8.42 Å². The zero-order valence-corrected chi connectivity index (χ0v) is 11.1. The van der Waals surface area contributed by atoms with E-state index in [0.29, 0.717) is 25.1 Å². The maximum atomic E-state index is 12.0. The monoisotopic (exact) mass is 284 g/mol. The van der Waals surface area contributed by atoms with Crippen LogP contribution in [0, 0.1) is 0 Å². The van der Waals surface area contributed by atoms with Gasteiger partial charge in [0, 0.05) is 37.6 Å². The van der Waals surface area contributed by atoms with Crippen LogP contribution in [0.5, 0.6) is 0 Å². The second-order valence-electron chi connectivity index (χ2n) is 3.95. The first-order valence-electron chi connectivity index (χ1n) is 5.83. The first-order chi connectivity index (χ1) is 9.13. The van der Waals surface area contributed by atoms with Gasteiger partial charge in [-0.15, -0.1) is 0 Å². The molecule has 8 nitrogen and oxygen atoms in total. The lowest BCUT2D eigenvalue weighted by molar-refractivity contribution is 0.550. The van der Waals surface area contributed by atoms with Gasteiger partial charge in [0.15, 0.2) is 5.03 Å². The SMILES string of the molecule is NCc1cn[nH]c1S(=O)(=O)NCCCn1cccn1. The van der Waals surface area contributed by atoms with Gasteiger partial charge < -0.3 is 5.73 Å². The Kier molecular flexibility index (Phi) is 4.30. The van der Waals surface area contributed by atoms with Gasteiger partial charge in [0.25, 0.3) is 10.0 Å². The van der Waals surface area contributed by atoms with E-state index < -0.39 is 10.0 Å². The van der Waals surface area contributed by atoms with E-state index in [1.165, 1.54) is 6.20 Å². The van der Waals surface area contributed by atoms with E-state index in [4.69, 9.17) is 5.73 Å². The van der Waals surface area contributed by atoms with Crippen LogP contribution in [0.25, 0.3) is 0 Å². The predicted molar refractivity (Wildman–Crippen MR) is 68.5 cm³/mol. The summed E-state index contributed by atoms with van der Waals surface area (Å²) in [6.07, 6.45) is 5.57. The van der Waals surface area contributed by atoms with Gasteiger partial charge in [0.2, 0.25) is 0 Å². The number of H-pyrrole nitrogens is 1. The van der Waals surface area contributed by atoms with Crippen molar-refractivity contribution in [3.8, 4) is 0 Å². The molecule has 0 amide bonds. The number of aromatic amines is 1. The molecule has 0 saturated heterocycles. The van der Waals surface area contributed by atoms with Crippen molar-refractivity contribution >= 4 is 10.0 Å². The summed E-state index contributed by atoms with van der Waals surface area (Å²) in [5, 5.41) is 10.2. The van der Waals surface area contributed by atoms with Gasteiger partial charge in [-0.25, -0.2) is 13.1 Å². The first kappa shape index (κ1) is 13.7. The summed E-state index contributed by atoms with van der Waals surface area (Å²) in [4.78, 5) is 0. The molecule has 2 heterocycles. The molecular weight excluding hydrogens is 268 g/mol. The summed E-state index contributed by atoms with van der Waals surface area (Å²) in [5.74, 6) is 0. The number of aromatic nitrogens is 4. The highest BCUT2D eigenvalue weighted by molar-refractivity contribution is 7.89. The molecule has 19 heavy (non-hydrogen) atoms. The van der Waals surface area contributed by atoms with E-state index in [1.54, 1.807) is 10.9 Å². The van der Waals surface area contributed by atoms with E-state index >= 15 is 0 Å². The van der Waals surface area contributed by atoms with Crippen molar-refractivity contribution in [2.75, 3.05) is 6.54 Å². The van der Waals surface area contributed by atoms with Crippen molar-refractivity contribution in [1.29, 1.82) is 0 Å². The summed E-state index contributed by atoms with van der Waals surface area (Å²) in [6, 6.07) is 1.82. The van der Waals surface area contributed by atoms with Crippen LogP contribution in [0.2, 0.25) is 0 Å². The van der Waals surface area contributed by atoms with E-state index in [-0.39, 0.29) is 11.6 Å². The summed E-state index contributed by atoms with van der Waals surface area (Å²) in [5.41, 5.74) is 5.92. The number of sulfonamides is 1. The molecule has 9 heteroatoms. The molecule has 0 aromatic carbocycles. The van der Waals surface area contributed by atoms with E-state index in [1.807, 2.05) is 12.3 Å². The molecule has 0 spiro atoms. The minimum atomic E-state index is -3.58. The van der Waals surface area contributed by atoms with Gasteiger partial charge in [-0.3, -0.25) is 9.78 Å². The van der Waals surface area contributed by atoms with Gasteiger partial charge in [-0.1, -0.05) is 0 Å². The van der Waals surface area contributed by atoms with Crippen molar-refractivity contribution in [1.82, 2.24) is 24.7 Å². The largest absolute Gasteiger partial charge is 0.326 e. The third-order valence-corrected chi connectivity index (χ3v) is 4.06. The van der Waals surface area contributed by atoms with Crippen LogP contribution >= 0.6 is 0 Å². The smallest absolute Gasteiger partial charge is 0.257 e. The number of rotatable bonds is 7. The lowest BCUT2D eigenvalue weighted by Crippen LogP contribution is -2.27. The van der Waals surface area contributed by atoms with Crippen LogP contribution in [0.15, 0.2) is 29.7 Å². The Balaban J connectivity index is 1.88. The van der Waals surface area contributed by atoms with Gasteiger partial charge in [-0.05, 0) is 12.5 Å². The van der Waals surface area contributed by atoms with Crippen molar-refractivity contribution in [2.45, 2.75) is 24.5 Å². The molecule has 0 unspecified atom stereocenters. The van der Waals surface area contributed by atoms with Crippen LogP contribution in [0.4, 0.5) is 0 Å². The Morgan fingerprint density at radius 3 is 3.00 bits per heavy atom. The molecular formula is C10H16N6O2S. The number of aryl methyl sites for hydroxylation is 1. The standard InChI is InChI=1S/C10H16N6O2S/c11-7-9-8-12-15-10(9)19(17,18)14-4-2-6-16-5-1-3-13-16/h1,3,5,8,14H,2,4,6-7,11H2,(H,12,15). The molecule has 104 valence electrons. The summed E-state index contributed by atoms with van der Waals surface area (Å²) in [6.45, 7) is 1.10. The zero-order chi connectivity index (χ0) is 13.7. The summed E-state index contributed by atoms with van der Waals surface area (Å²) >= 11 is 0. The van der Waals surface area contributed by atoms with Gasteiger partial charge >= 0.3 is 0 Å². The minimum Gasteiger partial charge on any atom is -0.326 e. The fraction of sp³-hybridized carbons (Fsp3) is 0.400. The molecule has 4 N–H and O–H groups in total. The maximum absolute atomic E-state index is 12.0. The lowest BCUT2D eigenvalue weighted by atomic mass is 10.4.